The van der Waals surface area contributed by atoms with Crippen molar-refractivity contribution < 1.29 is 19.1 Å². The van der Waals surface area contributed by atoms with E-state index in [-0.39, 0.29) is 30.8 Å². The maximum atomic E-state index is 12.6. The molecule has 25 heavy (non-hydrogen) atoms. The molecule has 0 aromatic heterocycles. The van der Waals surface area contributed by atoms with E-state index in [9.17, 15) is 14.4 Å². The molecule has 0 radical (unpaired) electrons. The first-order valence-electron chi connectivity index (χ1n) is 8.58. The molecule has 2 fully saturated rings. The number of imide groups is 1. The number of carbonyl (C=O) groups is 3. The van der Waals surface area contributed by atoms with E-state index in [1.165, 1.54) is 4.90 Å². The maximum Gasteiger partial charge on any atom is 0.324 e. The second-order valence-electron chi connectivity index (χ2n) is 6.46. The predicted octanol–water partition coefficient (Wildman–Crippen LogP) is 1.17. The molecule has 1 atom stereocenters. The van der Waals surface area contributed by atoms with Crippen molar-refractivity contribution in [2.45, 2.75) is 31.7 Å². The molecule has 0 aliphatic carbocycles. The smallest absolute Gasteiger partial charge is 0.324 e. The number of benzene rings is 1. The van der Waals surface area contributed by atoms with E-state index in [4.69, 9.17) is 4.74 Å². The van der Waals surface area contributed by atoms with Gasteiger partial charge in [0, 0.05) is 25.6 Å². The highest BCUT2D eigenvalue weighted by molar-refractivity contribution is 5.98. The first kappa shape index (κ1) is 17.3. The van der Waals surface area contributed by atoms with Gasteiger partial charge in [0.15, 0.2) is 0 Å². The molecule has 2 aliphatic rings. The number of nitrogens with zero attached hydrogens (tertiary/aromatic N) is 2. The molecule has 2 aliphatic heterocycles. The Morgan fingerprint density at radius 3 is 2.68 bits per heavy atom. The van der Waals surface area contributed by atoms with Crippen molar-refractivity contribution in [2.75, 3.05) is 26.7 Å². The zero-order valence-corrected chi connectivity index (χ0v) is 14.4. The Hall–Kier alpha value is -2.57. The number of likely N-dealkylation sites (tertiary alicyclic amines) is 1. The molecule has 0 saturated carbocycles. The van der Waals surface area contributed by atoms with Gasteiger partial charge in [0.2, 0.25) is 11.8 Å². The largest absolute Gasteiger partial charge is 0.497 e. The van der Waals surface area contributed by atoms with E-state index in [1.807, 2.05) is 29.2 Å². The van der Waals surface area contributed by atoms with Crippen molar-refractivity contribution in [3.05, 3.63) is 29.8 Å². The van der Waals surface area contributed by atoms with E-state index in [2.05, 4.69) is 5.32 Å². The minimum absolute atomic E-state index is 0.0260. The van der Waals surface area contributed by atoms with Crippen LogP contribution in [0, 0.1) is 0 Å². The van der Waals surface area contributed by atoms with Crippen molar-refractivity contribution in [2.24, 2.45) is 0 Å². The van der Waals surface area contributed by atoms with Crippen LogP contribution in [0.1, 0.15) is 24.8 Å². The van der Waals surface area contributed by atoms with Gasteiger partial charge >= 0.3 is 6.03 Å². The topological polar surface area (TPSA) is 79.0 Å². The van der Waals surface area contributed by atoms with E-state index in [1.54, 1.807) is 7.11 Å². The predicted molar refractivity (Wildman–Crippen MR) is 91.2 cm³/mol. The Bertz CT molecular complexity index is 659. The fraction of sp³-hybridized carbons (Fsp3) is 0.500. The quantitative estimate of drug-likeness (QED) is 0.869. The molecule has 1 aromatic carbocycles. The lowest BCUT2D eigenvalue weighted by molar-refractivity contribution is -0.133. The molecule has 7 nitrogen and oxygen atoms in total. The van der Waals surface area contributed by atoms with Crippen LogP contribution >= 0.6 is 0 Å². The number of ether oxygens (including phenoxy) is 1. The van der Waals surface area contributed by atoms with E-state index >= 15 is 0 Å². The third-order valence-electron chi connectivity index (χ3n) is 4.80. The molecule has 0 spiro atoms. The summed E-state index contributed by atoms with van der Waals surface area (Å²) in [4.78, 5) is 38.9. The Morgan fingerprint density at radius 1 is 1.24 bits per heavy atom. The molecule has 3 rings (SSSR count). The number of rotatable bonds is 5. The van der Waals surface area contributed by atoms with Crippen molar-refractivity contribution in [1.82, 2.24) is 15.1 Å². The fourth-order valence-corrected chi connectivity index (χ4v) is 3.41. The first-order valence-corrected chi connectivity index (χ1v) is 8.58. The van der Waals surface area contributed by atoms with Gasteiger partial charge < -0.3 is 14.5 Å². The number of hydrogen-bond donors (Lipinski definition) is 1. The van der Waals surface area contributed by atoms with Gasteiger partial charge in [-0.1, -0.05) is 12.1 Å². The highest BCUT2D eigenvalue weighted by atomic mass is 16.5. The second kappa shape index (κ2) is 7.55. The molecular formula is C18H23N3O4. The van der Waals surface area contributed by atoms with Gasteiger partial charge in [-0.2, -0.15) is 0 Å². The van der Waals surface area contributed by atoms with Gasteiger partial charge in [0.25, 0.3) is 0 Å². The molecule has 134 valence electrons. The molecule has 7 heteroatoms. The molecule has 1 aromatic rings. The highest BCUT2D eigenvalue weighted by Gasteiger charge is 2.32. The Labute approximate surface area is 146 Å². The van der Waals surface area contributed by atoms with Crippen molar-refractivity contribution >= 4 is 17.8 Å². The summed E-state index contributed by atoms with van der Waals surface area (Å²) in [5, 5.41) is 2.25. The molecule has 1 unspecified atom stereocenters. The lowest BCUT2D eigenvalue weighted by Crippen LogP contribution is -2.53. The van der Waals surface area contributed by atoms with Crippen LogP contribution in [0.3, 0.4) is 0 Å². The monoisotopic (exact) mass is 345 g/mol. The molecule has 2 heterocycles. The van der Waals surface area contributed by atoms with Crippen LogP contribution in [-0.4, -0.2) is 60.4 Å². The number of urea groups is 1. The Kier molecular flexibility index (Phi) is 5.21. The van der Waals surface area contributed by atoms with Gasteiger partial charge in [-0.25, -0.2) is 4.79 Å². The normalized spacial score (nSPS) is 20.6. The third kappa shape index (κ3) is 4.10. The fourth-order valence-electron chi connectivity index (χ4n) is 3.41. The SMILES string of the molecule is COc1ccc(CC2CCCN2C(=O)CN2CCC(=O)NC2=O)cc1. The molecule has 4 amide bonds. The second-order valence-corrected chi connectivity index (χ2v) is 6.46. The maximum absolute atomic E-state index is 12.6. The van der Waals surface area contributed by atoms with Gasteiger partial charge in [-0.3, -0.25) is 14.9 Å². The van der Waals surface area contributed by atoms with Crippen molar-refractivity contribution in [3.63, 3.8) is 0 Å². The van der Waals surface area contributed by atoms with Crippen LogP contribution in [0.4, 0.5) is 4.79 Å². The van der Waals surface area contributed by atoms with E-state index in [0.717, 1.165) is 30.6 Å². The third-order valence-corrected chi connectivity index (χ3v) is 4.80. The zero-order valence-electron chi connectivity index (χ0n) is 14.4. The lowest BCUT2D eigenvalue weighted by Gasteiger charge is -2.30. The number of carbonyl (C=O) groups excluding carboxylic acids is 3. The summed E-state index contributed by atoms with van der Waals surface area (Å²) in [6.07, 6.45) is 2.97. The van der Waals surface area contributed by atoms with E-state index in [0.29, 0.717) is 13.1 Å². The molecular weight excluding hydrogens is 322 g/mol. The summed E-state index contributed by atoms with van der Waals surface area (Å²) in [6.45, 7) is 1.04. The number of hydrogen-bond acceptors (Lipinski definition) is 4. The Balaban J connectivity index is 1.59. The summed E-state index contributed by atoms with van der Waals surface area (Å²) >= 11 is 0. The van der Waals surface area contributed by atoms with Gasteiger partial charge in [0.1, 0.15) is 12.3 Å². The standard InChI is InChI=1S/C18H23N3O4/c1-25-15-6-4-13(5-7-15)11-14-3-2-9-21(14)17(23)12-20-10-8-16(22)19-18(20)24/h4-7,14H,2-3,8-12H2,1H3,(H,19,22,24). The first-order chi connectivity index (χ1) is 12.1. The van der Waals surface area contributed by atoms with Gasteiger partial charge in [-0.05, 0) is 37.0 Å². The average molecular weight is 345 g/mol. The molecule has 1 N–H and O–H groups in total. The molecule has 0 bridgehead atoms. The zero-order chi connectivity index (χ0) is 17.8. The number of methoxy groups -OCH3 is 1. The summed E-state index contributed by atoms with van der Waals surface area (Å²) in [5.41, 5.74) is 1.16. The molecule has 2 saturated heterocycles. The van der Waals surface area contributed by atoms with Gasteiger partial charge in [0.05, 0.1) is 7.11 Å². The van der Waals surface area contributed by atoms with Crippen LogP contribution in [0.15, 0.2) is 24.3 Å². The minimum atomic E-state index is -0.476. The summed E-state index contributed by atoms with van der Waals surface area (Å²) in [6, 6.07) is 7.55. The van der Waals surface area contributed by atoms with Crippen LogP contribution in [0.5, 0.6) is 5.75 Å². The summed E-state index contributed by atoms with van der Waals surface area (Å²) in [5.74, 6) is 0.474. The average Bonchev–Trinajstić information content (AvgIpc) is 3.06. The lowest BCUT2D eigenvalue weighted by atomic mass is 10.0. The number of nitrogens with one attached hydrogen (secondary N) is 1. The number of amides is 4. The van der Waals surface area contributed by atoms with Gasteiger partial charge in [-0.15, -0.1) is 0 Å². The summed E-state index contributed by atoms with van der Waals surface area (Å²) in [7, 11) is 1.64. The minimum Gasteiger partial charge on any atom is -0.497 e. The van der Waals surface area contributed by atoms with Crippen LogP contribution in [0.25, 0.3) is 0 Å². The van der Waals surface area contributed by atoms with Crippen molar-refractivity contribution in [1.29, 1.82) is 0 Å². The van der Waals surface area contributed by atoms with Crippen LogP contribution in [0.2, 0.25) is 0 Å². The highest BCUT2D eigenvalue weighted by Crippen LogP contribution is 2.23. The van der Waals surface area contributed by atoms with E-state index < -0.39 is 6.03 Å². The Morgan fingerprint density at radius 2 is 2.00 bits per heavy atom. The van der Waals surface area contributed by atoms with Crippen LogP contribution in [-0.2, 0) is 16.0 Å². The van der Waals surface area contributed by atoms with Crippen molar-refractivity contribution in [3.8, 4) is 5.75 Å². The van der Waals surface area contributed by atoms with Crippen LogP contribution < -0.4 is 10.1 Å². The summed E-state index contributed by atoms with van der Waals surface area (Å²) < 4.78 is 5.17.